The molecule has 0 aliphatic carbocycles. The van der Waals surface area contributed by atoms with E-state index in [2.05, 4.69) is 33.2 Å². The lowest BCUT2D eigenvalue weighted by molar-refractivity contribution is 0.0932. The summed E-state index contributed by atoms with van der Waals surface area (Å²) in [5, 5.41) is 2.98. The molecule has 0 saturated heterocycles. The highest BCUT2D eigenvalue weighted by Gasteiger charge is 2.10. The summed E-state index contributed by atoms with van der Waals surface area (Å²) >= 11 is 3.26. The molecule has 1 aromatic heterocycles. The Morgan fingerprint density at radius 3 is 2.83 bits per heavy atom. The fourth-order valence-corrected chi connectivity index (χ4v) is 2.13. The van der Waals surface area contributed by atoms with E-state index < -0.39 is 0 Å². The predicted octanol–water partition coefficient (Wildman–Crippen LogP) is 3.93. The molecule has 3 nitrogen and oxygen atoms in total. The van der Waals surface area contributed by atoms with Crippen LogP contribution >= 0.6 is 15.9 Å². The molecule has 1 aromatic rings. The molecule has 1 atom stereocenters. The molecule has 4 heteroatoms. The van der Waals surface area contributed by atoms with Crippen LogP contribution in [0.4, 0.5) is 0 Å². The number of hydrogen-bond acceptors (Lipinski definition) is 2. The average molecular weight is 313 g/mol. The number of carbonyl (C=O) groups excluding carboxylic acids is 1. The highest BCUT2D eigenvalue weighted by Crippen LogP contribution is 2.08. The maximum absolute atomic E-state index is 11.9. The number of amides is 1. The van der Waals surface area contributed by atoms with Gasteiger partial charge in [0.25, 0.3) is 5.91 Å². The minimum Gasteiger partial charge on any atom is -0.348 e. The van der Waals surface area contributed by atoms with E-state index >= 15 is 0 Å². The first-order valence-corrected chi connectivity index (χ1v) is 7.36. The van der Waals surface area contributed by atoms with E-state index in [1.54, 1.807) is 6.07 Å². The molecule has 0 aliphatic rings. The molecular weight excluding hydrogens is 292 g/mol. The van der Waals surface area contributed by atoms with Gasteiger partial charge in [-0.1, -0.05) is 38.7 Å². The van der Waals surface area contributed by atoms with Crippen LogP contribution in [0, 0.1) is 0 Å². The van der Waals surface area contributed by atoms with Crippen molar-refractivity contribution in [3.05, 3.63) is 28.5 Å². The Balaban J connectivity index is 2.35. The van der Waals surface area contributed by atoms with Crippen molar-refractivity contribution < 1.29 is 4.79 Å². The molecule has 0 aromatic carbocycles. The SMILES string of the molecule is CCCCCCC(C)NC(=O)c1cccc(Br)n1. The summed E-state index contributed by atoms with van der Waals surface area (Å²) in [6, 6.07) is 5.56. The van der Waals surface area contributed by atoms with Gasteiger partial charge in [0.1, 0.15) is 10.3 Å². The lowest BCUT2D eigenvalue weighted by Gasteiger charge is -2.13. The predicted molar refractivity (Wildman–Crippen MR) is 77.6 cm³/mol. The van der Waals surface area contributed by atoms with Crippen LogP contribution in [0.15, 0.2) is 22.8 Å². The van der Waals surface area contributed by atoms with Crippen LogP contribution in [-0.4, -0.2) is 16.9 Å². The quantitative estimate of drug-likeness (QED) is 0.612. The van der Waals surface area contributed by atoms with Crippen LogP contribution in [-0.2, 0) is 0 Å². The monoisotopic (exact) mass is 312 g/mol. The second-order valence-electron chi connectivity index (χ2n) is 4.57. The van der Waals surface area contributed by atoms with Crippen LogP contribution in [0.2, 0.25) is 0 Å². The maximum atomic E-state index is 11.9. The topological polar surface area (TPSA) is 42.0 Å². The minimum atomic E-state index is -0.0979. The van der Waals surface area contributed by atoms with Gasteiger partial charge in [-0.15, -0.1) is 0 Å². The van der Waals surface area contributed by atoms with E-state index in [1.807, 2.05) is 19.1 Å². The van der Waals surface area contributed by atoms with E-state index in [0.717, 1.165) is 6.42 Å². The summed E-state index contributed by atoms with van der Waals surface area (Å²) in [6.45, 7) is 4.24. The molecule has 1 N–H and O–H groups in total. The molecule has 18 heavy (non-hydrogen) atoms. The maximum Gasteiger partial charge on any atom is 0.270 e. The first-order chi connectivity index (χ1) is 8.63. The zero-order valence-corrected chi connectivity index (χ0v) is 12.7. The van der Waals surface area contributed by atoms with E-state index in [1.165, 1.54) is 25.7 Å². The molecule has 100 valence electrons. The molecular formula is C14H21BrN2O. The van der Waals surface area contributed by atoms with Gasteiger partial charge in [0.15, 0.2) is 0 Å². The number of nitrogens with zero attached hydrogens (tertiary/aromatic N) is 1. The number of carbonyl (C=O) groups is 1. The number of rotatable bonds is 7. The Labute approximate surface area is 118 Å². The minimum absolute atomic E-state index is 0.0979. The Hall–Kier alpha value is -0.900. The average Bonchev–Trinajstić information content (AvgIpc) is 2.34. The normalized spacial score (nSPS) is 12.2. The van der Waals surface area contributed by atoms with Gasteiger partial charge in [-0.2, -0.15) is 0 Å². The molecule has 1 unspecified atom stereocenters. The van der Waals surface area contributed by atoms with Crippen molar-refractivity contribution in [1.29, 1.82) is 0 Å². The summed E-state index contributed by atoms with van der Waals surface area (Å²) in [5.41, 5.74) is 0.463. The van der Waals surface area contributed by atoms with Crippen molar-refractivity contribution >= 4 is 21.8 Å². The Bertz CT molecular complexity index is 382. The Morgan fingerprint density at radius 1 is 1.39 bits per heavy atom. The van der Waals surface area contributed by atoms with E-state index in [9.17, 15) is 4.79 Å². The van der Waals surface area contributed by atoms with E-state index in [0.29, 0.717) is 10.3 Å². The third kappa shape index (κ3) is 5.63. The summed E-state index contributed by atoms with van der Waals surface area (Å²) in [7, 11) is 0. The van der Waals surface area contributed by atoms with Gasteiger partial charge in [0.05, 0.1) is 0 Å². The number of pyridine rings is 1. The van der Waals surface area contributed by atoms with Crippen molar-refractivity contribution in [2.75, 3.05) is 0 Å². The fourth-order valence-electron chi connectivity index (χ4n) is 1.78. The molecule has 1 rings (SSSR count). The largest absolute Gasteiger partial charge is 0.348 e. The van der Waals surface area contributed by atoms with Crippen molar-refractivity contribution in [2.45, 2.75) is 52.0 Å². The molecule has 0 spiro atoms. The zero-order chi connectivity index (χ0) is 13.4. The van der Waals surface area contributed by atoms with Crippen LogP contribution < -0.4 is 5.32 Å². The first-order valence-electron chi connectivity index (χ1n) is 6.57. The Kier molecular flexibility index (Phi) is 6.94. The Morgan fingerprint density at radius 2 is 2.17 bits per heavy atom. The molecule has 1 heterocycles. The smallest absolute Gasteiger partial charge is 0.270 e. The summed E-state index contributed by atoms with van der Waals surface area (Å²) in [6.07, 6.45) is 5.95. The third-order valence-corrected chi connectivity index (χ3v) is 3.26. The van der Waals surface area contributed by atoms with E-state index in [-0.39, 0.29) is 11.9 Å². The number of hydrogen-bond donors (Lipinski definition) is 1. The van der Waals surface area contributed by atoms with Gasteiger partial charge in [0, 0.05) is 6.04 Å². The molecule has 0 aliphatic heterocycles. The number of nitrogens with one attached hydrogen (secondary N) is 1. The summed E-state index contributed by atoms with van der Waals surface area (Å²) in [5.74, 6) is -0.0979. The van der Waals surface area contributed by atoms with E-state index in [4.69, 9.17) is 0 Å². The second kappa shape index (κ2) is 8.25. The van der Waals surface area contributed by atoms with Gasteiger partial charge in [0.2, 0.25) is 0 Å². The standard InChI is InChI=1S/C14H21BrN2O/c1-3-4-5-6-8-11(2)16-14(18)12-9-7-10-13(15)17-12/h7,9-11H,3-6,8H2,1-2H3,(H,16,18). The van der Waals surface area contributed by atoms with Gasteiger partial charge in [-0.25, -0.2) is 4.98 Å². The second-order valence-corrected chi connectivity index (χ2v) is 5.38. The molecule has 0 radical (unpaired) electrons. The third-order valence-electron chi connectivity index (χ3n) is 2.82. The van der Waals surface area contributed by atoms with Crippen molar-refractivity contribution in [2.24, 2.45) is 0 Å². The summed E-state index contributed by atoms with van der Waals surface area (Å²) in [4.78, 5) is 16.0. The van der Waals surface area contributed by atoms with Crippen LogP contribution in [0.5, 0.6) is 0 Å². The first kappa shape index (κ1) is 15.2. The van der Waals surface area contributed by atoms with Crippen molar-refractivity contribution in [1.82, 2.24) is 10.3 Å². The number of halogens is 1. The molecule has 0 saturated carbocycles. The number of unbranched alkanes of at least 4 members (excludes halogenated alkanes) is 3. The molecule has 1 amide bonds. The van der Waals surface area contributed by atoms with Gasteiger partial charge in [-0.3, -0.25) is 4.79 Å². The lowest BCUT2D eigenvalue weighted by atomic mass is 10.1. The van der Waals surface area contributed by atoms with Crippen LogP contribution in [0.25, 0.3) is 0 Å². The van der Waals surface area contributed by atoms with Gasteiger partial charge in [-0.05, 0) is 41.4 Å². The lowest BCUT2D eigenvalue weighted by Crippen LogP contribution is -2.33. The van der Waals surface area contributed by atoms with Gasteiger partial charge >= 0.3 is 0 Å². The van der Waals surface area contributed by atoms with Crippen LogP contribution in [0.1, 0.15) is 56.4 Å². The summed E-state index contributed by atoms with van der Waals surface area (Å²) < 4.78 is 0.686. The van der Waals surface area contributed by atoms with Crippen LogP contribution in [0.3, 0.4) is 0 Å². The van der Waals surface area contributed by atoms with Crippen molar-refractivity contribution in [3.8, 4) is 0 Å². The molecule has 0 fully saturated rings. The van der Waals surface area contributed by atoms with Crippen molar-refractivity contribution in [3.63, 3.8) is 0 Å². The fraction of sp³-hybridized carbons (Fsp3) is 0.571. The zero-order valence-electron chi connectivity index (χ0n) is 11.1. The molecule has 0 bridgehead atoms. The van der Waals surface area contributed by atoms with Gasteiger partial charge < -0.3 is 5.32 Å². The highest BCUT2D eigenvalue weighted by molar-refractivity contribution is 9.10. The number of aromatic nitrogens is 1. The highest BCUT2D eigenvalue weighted by atomic mass is 79.9.